The molecule has 0 spiro atoms. The van der Waals surface area contributed by atoms with E-state index in [1.807, 2.05) is 6.92 Å². The van der Waals surface area contributed by atoms with Crippen LogP contribution in [0, 0.1) is 6.92 Å². The Balaban J connectivity index is 1.87. The molecule has 2 rings (SSSR count). The summed E-state index contributed by atoms with van der Waals surface area (Å²) in [5.74, 6) is -1.07. The number of carbonyl (C=O) groups excluding carboxylic acids is 2. The van der Waals surface area contributed by atoms with Crippen molar-refractivity contribution in [3.05, 3.63) is 40.9 Å². The summed E-state index contributed by atoms with van der Waals surface area (Å²) in [7, 11) is 0. The molecular weight excluding hydrogens is 278 g/mol. The van der Waals surface area contributed by atoms with E-state index < -0.39 is 11.9 Å². The number of anilines is 2. The second-order valence-corrected chi connectivity index (χ2v) is 5.22. The van der Waals surface area contributed by atoms with E-state index in [4.69, 9.17) is 10.5 Å². The van der Waals surface area contributed by atoms with Gasteiger partial charge in [-0.05, 0) is 19.1 Å². The Morgan fingerprint density at radius 1 is 1.40 bits per heavy atom. The normalized spacial score (nSPS) is 10.1. The maximum absolute atomic E-state index is 11.7. The molecule has 1 aromatic carbocycles. The van der Waals surface area contributed by atoms with Crippen molar-refractivity contribution in [3.63, 3.8) is 0 Å². The smallest absolute Gasteiger partial charge is 0.340 e. The number of hydrogen-bond acceptors (Lipinski definition) is 6. The number of carbonyl (C=O) groups is 2. The molecular formula is C13H13N3O3S. The van der Waals surface area contributed by atoms with Crippen LogP contribution in [-0.4, -0.2) is 23.5 Å². The van der Waals surface area contributed by atoms with Crippen LogP contribution in [0.15, 0.2) is 30.5 Å². The van der Waals surface area contributed by atoms with Gasteiger partial charge in [0.05, 0.1) is 5.56 Å². The molecule has 6 nitrogen and oxygen atoms in total. The topological polar surface area (TPSA) is 94.3 Å². The van der Waals surface area contributed by atoms with Gasteiger partial charge in [0.2, 0.25) is 0 Å². The van der Waals surface area contributed by atoms with Gasteiger partial charge in [-0.3, -0.25) is 10.1 Å². The number of nitrogens with one attached hydrogen (secondary N) is 1. The van der Waals surface area contributed by atoms with Crippen molar-refractivity contribution in [3.8, 4) is 0 Å². The standard InChI is InChI=1S/C13H13N3O3S/c1-8-6-15-13(20-8)16-11(17)7-19-12(18)9-4-2-3-5-10(9)14/h2-6H,7,14H2,1H3,(H,15,16,17). The number of aromatic nitrogens is 1. The molecule has 2 aromatic rings. The number of aryl methyl sites for hydroxylation is 1. The minimum Gasteiger partial charge on any atom is -0.452 e. The lowest BCUT2D eigenvalue weighted by Gasteiger charge is -2.06. The van der Waals surface area contributed by atoms with Gasteiger partial charge in [-0.1, -0.05) is 12.1 Å². The number of nitrogens with two attached hydrogens (primary N) is 1. The van der Waals surface area contributed by atoms with Crippen molar-refractivity contribution in [2.24, 2.45) is 0 Å². The first-order chi connectivity index (χ1) is 9.56. The molecule has 0 saturated heterocycles. The zero-order chi connectivity index (χ0) is 14.5. The number of hydrogen-bond donors (Lipinski definition) is 2. The van der Waals surface area contributed by atoms with E-state index in [0.717, 1.165) is 4.88 Å². The molecule has 0 aliphatic heterocycles. The van der Waals surface area contributed by atoms with Crippen LogP contribution in [0.2, 0.25) is 0 Å². The monoisotopic (exact) mass is 291 g/mol. The SMILES string of the molecule is Cc1cnc(NC(=O)COC(=O)c2ccccc2N)s1. The first-order valence-electron chi connectivity index (χ1n) is 5.80. The Hall–Kier alpha value is -2.41. The zero-order valence-electron chi connectivity index (χ0n) is 10.8. The Labute approximate surface area is 119 Å². The van der Waals surface area contributed by atoms with Crippen LogP contribution in [0.4, 0.5) is 10.8 Å². The van der Waals surface area contributed by atoms with Crippen molar-refractivity contribution >= 4 is 34.0 Å². The average Bonchev–Trinajstić information content (AvgIpc) is 2.82. The lowest BCUT2D eigenvalue weighted by molar-refractivity contribution is -0.119. The number of esters is 1. The van der Waals surface area contributed by atoms with E-state index >= 15 is 0 Å². The second-order valence-electron chi connectivity index (χ2n) is 3.99. The number of thiazole rings is 1. The third-order valence-electron chi connectivity index (χ3n) is 2.38. The summed E-state index contributed by atoms with van der Waals surface area (Å²) in [6.07, 6.45) is 1.65. The summed E-state index contributed by atoms with van der Waals surface area (Å²) < 4.78 is 4.90. The fourth-order valence-electron chi connectivity index (χ4n) is 1.46. The van der Waals surface area contributed by atoms with Crippen molar-refractivity contribution in [1.82, 2.24) is 4.98 Å². The molecule has 20 heavy (non-hydrogen) atoms. The molecule has 0 aliphatic rings. The molecule has 0 unspecified atom stereocenters. The summed E-state index contributed by atoms with van der Waals surface area (Å²) in [5, 5.41) is 3.02. The van der Waals surface area contributed by atoms with Gasteiger partial charge in [0.25, 0.3) is 5.91 Å². The predicted octanol–water partition coefficient (Wildman–Crippen LogP) is 1.83. The molecule has 104 valence electrons. The minimum atomic E-state index is -0.631. The predicted molar refractivity (Wildman–Crippen MR) is 76.6 cm³/mol. The minimum absolute atomic E-state index is 0.241. The Bertz CT molecular complexity index is 639. The summed E-state index contributed by atoms with van der Waals surface area (Å²) in [5.41, 5.74) is 6.20. The Morgan fingerprint density at radius 3 is 2.80 bits per heavy atom. The van der Waals surface area contributed by atoms with Gasteiger partial charge in [0.15, 0.2) is 11.7 Å². The molecule has 0 bridgehead atoms. The van der Waals surface area contributed by atoms with Gasteiger partial charge in [-0.2, -0.15) is 0 Å². The van der Waals surface area contributed by atoms with Crippen molar-refractivity contribution in [2.45, 2.75) is 6.92 Å². The van der Waals surface area contributed by atoms with Crippen LogP contribution in [0.25, 0.3) is 0 Å². The zero-order valence-corrected chi connectivity index (χ0v) is 11.6. The first-order valence-corrected chi connectivity index (χ1v) is 6.62. The third-order valence-corrected chi connectivity index (χ3v) is 3.21. The number of nitrogen functional groups attached to an aromatic ring is 1. The number of benzene rings is 1. The Kier molecular flexibility index (Phi) is 4.31. The van der Waals surface area contributed by atoms with Crippen molar-refractivity contribution < 1.29 is 14.3 Å². The molecule has 0 atom stereocenters. The quantitative estimate of drug-likeness (QED) is 0.662. The Morgan fingerprint density at radius 2 is 2.15 bits per heavy atom. The highest BCUT2D eigenvalue weighted by molar-refractivity contribution is 7.15. The fraction of sp³-hybridized carbons (Fsp3) is 0.154. The van der Waals surface area contributed by atoms with E-state index in [0.29, 0.717) is 10.8 Å². The molecule has 3 N–H and O–H groups in total. The van der Waals surface area contributed by atoms with Crippen LogP contribution in [-0.2, 0) is 9.53 Å². The number of nitrogens with zero attached hydrogens (tertiary/aromatic N) is 1. The lowest BCUT2D eigenvalue weighted by atomic mass is 10.2. The molecule has 1 amide bonds. The molecule has 1 heterocycles. The van der Waals surface area contributed by atoms with Crippen molar-refractivity contribution in [2.75, 3.05) is 17.7 Å². The largest absolute Gasteiger partial charge is 0.452 e. The maximum Gasteiger partial charge on any atom is 0.340 e. The highest BCUT2D eigenvalue weighted by atomic mass is 32.1. The summed E-state index contributed by atoms with van der Waals surface area (Å²) in [6, 6.07) is 6.52. The molecule has 0 fully saturated rings. The van der Waals surface area contributed by atoms with Gasteiger partial charge in [-0.15, -0.1) is 11.3 Å². The second kappa shape index (κ2) is 6.16. The van der Waals surface area contributed by atoms with Crippen LogP contribution < -0.4 is 11.1 Å². The van der Waals surface area contributed by atoms with E-state index in [2.05, 4.69) is 10.3 Å². The van der Waals surface area contributed by atoms with Crippen molar-refractivity contribution in [1.29, 1.82) is 0 Å². The number of ether oxygens (including phenoxy) is 1. The molecule has 0 aliphatic carbocycles. The number of para-hydroxylation sites is 1. The number of amides is 1. The lowest BCUT2D eigenvalue weighted by Crippen LogP contribution is -2.21. The van der Waals surface area contributed by atoms with Gasteiger partial charge >= 0.3 is 5.97 Å². The molecule has 1 aromatic heterocycles. The summed E-state index contributed by atoms with van der Waals surface area (Å²) in [6.45, 7) is 1.50. The molecule has 0 saturated carbocycles. The number of rotatable bonds is 4. The van der Waals surface area contributed by atoms with Crippen LogP contribution in [0.3, 0.4) is 0 Å². The fourth-order valence-corrected chi connectivity index (χ4v) is 2.14. The van der Waals surface area contributed by atoms with E-state index in [9.17, 15) is 9.59 Å². The highest BCUT2D eigenvalue weighted by Gasteiger charge is 2.13. The maximum atomic E-state index is 11.7. The molecule has 0 radical (unpaired) electrons. The van der Waals surface area contributed by atoms with Gasteiger partial charge in [0.1, 0.15) is 0 Å². The first kappa shape index (κ1) is 14.0. The summed E-state index contributed by atoms with van der Waals surface area (Å²) >= 11 is 1.35. The van der Waals surface area contributed by atoms with Gasteiger partial charge < -0.3 is 10.5 Å². The van der Waals surface area contributed by atoms with Crippen LogP contribution in [0.5, 0.6) is 0 Å². The van der Waals surface area contributed by atoms with Gasteiger partial charge in [0, 0.05) is 16.8 Å². The molecule has 7 heteroatoms. The van der Waals surface area contributed by atoms with Gasteiger partial charge in [-0.25, -0.2) is 9.78 Å². The van der Waals surface area contributed by atoms with E-state index in [1.165, 1.54) is 11.3 Å². The van der Waals surface area contributed by atoms with E-state index in [1.54, 1.807) is 30.5 Å². The third kappa shape index (κ3) is 3.55. The average molecular weight is 291 g/mol. The van der Waals surface area contributed by atoms with E-state index in [-0.39, 0.29) is 12.2 Å². The van der Waals surface area contributed by atoms with Crippen LogP contribution >= 0.6 is 11.3 Å². The van der Waals surface area contributed by atoms with Crippen LogP contribution in [0.1, 0.15) is 15.2 Å². The highest BCUT2D eigenvalue weighted by Crippen LogP contribution is 2.16. The summed E-state index contributed by atoms with van der Waals surface area (Å²) in [4.78, 5) is 28.3.